The Bertz CT molecular complexity index is 677. The van der Waals surface area contributed by atoms with E-state index in [1.165, 1.54) is 0 Å². The SMILES string of the molecule is CC(C)NC(=O)N1CCN(c2ccc3ncc(Br)n3n2)CC1. The van der Waals surface area contributed by atoms with Crippen molar-refractivity contribution in [2.24, 2.45) is 0 Å². The van der Waals surface area contributed by atoms with Gasteiger partial charge >= 0.3 is 6.03 Å². The van der Waals surface area contributed by atoms with Crippen LogP contribution in [0.15, 0.2) is 22.9 Å². The lowest BCUT2D eigenvalue weighted by Crippen LogP contribution is -2.53. The van der Waals surface area contributed by atoms with Crippen molar-refractivity contribution in [1.29, 1.82) is 0 Å². The molecule has 1 saturated heterocycles. The Morgan fingerprint density at radius 3 is 2.68 bits per heavy atom. The first kappa shape index (κ1) is 15.1. The number of carbonyl (C=O) groups excluding carboxylic acids is 1. The van der Waals surface area contributed by atoms with Gasteiger partial charge in [0.15, 0.2) is 5.65 Å². The Balaban J connectivity index is 1.67. The summed E-state index contributed by atoms with van der Waals surface area (Å²) in [7, 11) is 0. The number of amides is 2. The number of fused-ring (bicyclic) bond motifs is 1. The number of imidazole rings is 1. The van der Waals surface area contributed by atoms with Crippen LogP contribution in [0.4, 0.5) is 10.6 Å². The first-order valence-electron chi connectivity index (χ1n) is 7.35. The molecular formula is C14H19BrN6O. The number of urea groups is 1. The summed E-state index contributed by atoms with van der Waals surface area (Å²) >= 11 is 3.43. The quantitative estimate of drug-likeness (QED) is 0.878. The van der Waals surface area contributed by atoms with E-state index in [0.717, 1.165) is 29.2 Å². The number of carbonyl (C=O) groups is 1. The van der Waals surface area contributed by atoms with Gasteiger partial charge in [-0.15, -0.1) is 5.10 Å². The lowest BCUT2D eigenvalue weighted by Gasteiger charge is -2.35. The second kappa shape index (κ2) is 6.12. The smallest absolute Gasteiger partial charge is 0.317 e. The summed E-state index contributed by atoms with van der Waals surface area (Å²) in [6.45, 7) is 6.88. The Hall–Kier alpha value is -1.83. The molecule has 118 valence electrons. The zero-order valence-corrected chi connectivity index (χ0v) is 14.2. The molecule has 0 atom stereocenters. The van der Waals surface area contributed by atoms with Gasteiger partial charge in [0, 0.05) is 32.2 Å². The van der Waals surface area contributed by atoms with E-state index in [1.807, 2.05) is 30.9 Å². The summed E-state index contributed by atoms with van der Waals surface area (Å²) in [4.78, 5) is 20.3. The van der Waals surface area contributed by atoms with E-state index in [-0.39, 0.29) is 12.1 Å². The van der Waals surface area contributed by atoms with Crippen LogP contribution in [0.3, 0.4) is 0 Å². The highest BCUT2D eigenvalue weighted by atomic mass is 79.9. The third-order valence-electron chi connectivity index (χ3n) is 3.61. The molecule has 0 aliphatic carbocycles. The lowest BCUT2D eigenvalue weighted by molar-refractivity contribution is 0.191. The fraction of sp³-hybridized carbons (Fsp3) is 0.500. The van der Waals surface area contributed by atoms with E-state index in [2.05, 4.69) is 36.2 Å². The minimum absolute atomic E-state index is 0.00964. The molecule has 1 aliphatic heterocycles. The summed E-state index contributed by atoms with van der Waals surface area (Å²) in [6, 6.07) is 4.09. The lowest BCUT2D eigenvalue weighted by atomic mass is 10.3. The fourth-order valence-electron chi connectivity index (χ4n) is 2.48. The van der Waals surface area contributed by atoms with Gasteiger partial charge in [0.2, 0.25) is 0 Å². The molecule has 7 nitrogen and oxygen atoms in total. The highest BCUT2D eigenvalue weighted by Crippen LogP contribution is 2.17. The third-order valence-corrected chi connectivity index (χ3v) is 4.15. The predicted molar refractivity (Wildman–Crippen MR) is 88.1 cm³/mol. The van der Waals surface area contributed by atoms with Gasteiger partial charge in [-0.3, -0.25) is 0 Å². The van der Waals surface area contributed by atoms with Gasteiger partial charge in [0.25, 0.3) is 0 Å². The molecule has 1 fully saturated rings. The number of piperazine rings is 1. The second-order valence-electron chi connectivity index (χ2n) is 5.62. The zero-order valence-electron chi connectivity index (χ0n) is 12.7. The topological polar surface area (TPSA) is 65.8 Å². The van der Waals surface area contributed by atoms with Gasteiger partial charge in [-0.05, 0) is 41.9 Å². The summed E-state index contributed by atoms with van der Waals surface area (Å²) in [5.41, 5.74) is 0.811. The van der Waals surface area contributed by atoms with Crippen molar-refractivity contribution in [3.05, 3.63) is 22.9 Å². The van der Waals surface area contributed by atoms with Crippen molar-refractivity contribution in [1.82, 2.24) is 24.8 Å². The van der Waals surface area contributed by atoms with Crippen molar-refractivity contribution in [2.45, 2.75) is 19.9 Å². The first-order valence-corrected chi connectivity index (χ1v) is 8.14. The maximum Gasteiger partial charge on any atom is 0.317 e. The van der Waals surface area contributed by atoms with Crippen molar-refractivity contribution in [3.8, 4) is 0 Å². The maximum atomic E-state index is 12.0. The van der Waals surface area contributed by atoms with Crippen LogP contribution < -0.4 is 10.2 Å². The van der Waals surface area contributed by atoms with E-state index < -0.39 is 0 Å². The summed E-state index contributed by atoms with van der Waals surface area (Å²) in [5.74, 6) is 0.898. The number of nitrogens with one attached hydrogen (secondary N) is 1. The minimum atomic E-state index is 0.00964. The molecule has 0 bridgehead atoms. The van der Waals surface area contributed by atoms with Crippen molar-refractivity contribution in [2.75, 3.05) is 31.1 Å². The van der Waals surface area contributed by atoms with E-state index in [9.17, 15) is 4.79 Å². The Morgan fingerprint density at radius 1 is 1.27 bits per heavy atom. The standard InChI is InChI=1S/C14H19BrN6O/c1-10(2)17-14(22)20-7-5-19(6-8-20)13-4-3-12-16-9-11(15)21(12)18-13/h3-4,9-10H,5-8H2,1-2H3,(H,17,22). The molecule has 2 aromatic rings. The molecular weight excluding hydrogens is 348 g/mol. The monoisotopic (exact) mass is 366 g/mol. The van der Waals surface area contributed by atoms with Crippen LogP contribution in [-0.4, -0.2) is 57.7 Å². The van der Waals surface area contributed by atoms with Gasteiger partial charge < -0.3 is 15.1 Å². The van der Waals surface area contributed by atoms with E-state index >= 15 is 0 Å². The zero-order chi connectivity index (χ0) is 15.7. The molecule has 2 amide bonds. The van der Waals surface area contributed by atoms with Gasteiger partial charge in [-0.1, -0.05) is 0 Å². The molecule has 1 N–H and O–H groups in total. The highest BCUT2D eigenvalue weighted by molar-refractivity contribution is 9.10. The van der Waals surface area contributed by atoms with Crippen LogP contribution in [0.1, 0.15) is 13.8 Å². The van der Waals surface area contributed by atoms with Crippen LogP contribution in [0.5, 0.6) is 0 Å². The Kier molecular flexibility index (Phi) is 4.19. The van der Waals surface area contributed by atoms with Crippen molar-refractivity contribution >= 4 is 33.4 Å². The summed E-state index contributed by atoms with van der Waals surface area (Å²) in [6.07, 6.45) is 1.74. The number of rotatable bonds is 2. The Morgan fingerprint density at radius 2 is 2.00 bits per heavy atom. The average molecular weight is 367 g/mol. The van der Waals surface area contributed by atoms with Gasteiger partial charge in [0.05, 0.1) is 6.20 Å². The molecule has 2 aromatic heterocycles. The van der Waals surface area contributed by atoms with Crippen molar-refractivity contribution in [3.63, 3.8) is 0 Å². The molecule has 3 heterocycles. The fourth-order valence-corrected chi connectivity index (χ4v) is 2.84. The number of hydrogen-bond donors (Lipinski definition) is 1. The molecule has 22 heavy (non-hydrogen) atoms. The molecule has 3 rings (SSSR count). The molecule has 0 spiro atoms. The van der Waals surface area contributed by atoms with Crippen LogP contribution in [-0.2, 0) is 0 Å². The second-order valence-corrected chi connectivity index (χ2v) is 6.43. The van der Waals surface area contributed by atoms with Crippen LogP contribution >= 0.6 is 15.9 Å². The molecule has 0 unspecified atom stereocenters. The Labute approximate surface area is 137 Å². The largest absolute Gasteiger partial charge is 0.352 e. The molecule has 0 radical (unpaired) electrons. The highest BCUT2D eigenvalue weighted by Gasteiger charge is 2.22. The minimum Gasteiger partial charge on any atom is -0.352 e. The predicted octanol–water partition coefficient (Wildman–Crippen LogP) is 1.73. The molecule has 8 heteroatoms. The number of hydrogen-bond acceptors (Lipinski definition) is 4. The number of nitrogens with zero attached hydrogens (tertiary/aromatic N) is 5. The van der Waals surface area contributed by atoms with E-state index in [0.29, 0.717) is 13.1 Å². The average Bonchev–Trinajstić information content (AvgIpc) is 2.88. The van der Waals surface area contributed by atoms with E-state index in [1.54, 1.807) is 10.7 Å². The summed E-state index contributed by atoms with van der Waals surface area (Å²) in [5, 5.41) is 7.52. The van der Waals surface area contributed by atoms with Crippen molar-refractivity contribution < 1.29 is 4.79 Å². The molecule has 0 aromatic carbocycles. The summed E-state index contributed by atoms with van der Waals surface area (Å²) < 4.78 is 2.60. The van der Waals surface area contributed by atoms with Gasteiger partial charge in [-0.2, -0.15) is 0 Å². The number of halogens is 1. The first-order chi connectivity index (χ1) is 10.5. The number of aromatic nitrogens is 3. The third kappa shape index (κ3) is 3.01. The molecule has 0 saturated carbocycles. The van der Waals surface area contributed by atoms with Crippen LogP contribution in [0.2, 0.25) is 0 Å². The molecule has 1 aliphatic rings. The number of anilines is 1. The van der Waals surface area contributed by atoms with Gasteiger partial charge in [0.1, 0.15) is 10.4 Å². The van der Waals surface area contributed by atoms with Gasteiger partial charge in [-0.25, -0.2) is 14.3 Å². The maximum absolute atomic E-state index is 12.0. The van der Waals surface area contributed by atoms with Crippen LogP contribution in [0, 0.1) is 0 Å². The van der Waals surface area contributed by atoms with Crippen LogP contribution in [0.25, 0.3) is 5.65 Å². The van der Waals surface area contributed by atoms with E-state index in [4.69, 9.17) is 0 Å². The normalized spacial score (nSPS) is 15.6.